The summed E-state index contributed by atoms with van der Waals surface area (Å²) in [6.45, 7) is 7.21. The topological polar surface area (TPSA) is 0 Å². The third-order valence-corrected chi connectivity index (χ3v) is 37.6. The molecule has 2 atom stereocenters. The van der Waals surface area contributed by atoms with Crippen molar-refractivity contribution < 1.29 is 69.1 Å². The fourth-order valence-electron chi connectivity index (χ4n) is 11.7. The zero-order valence-electron chi connectivity index (χ0n) is 39.4. The van der Waals surface area contributed by atoms with Gasteiger partial charge in [0.15, 0.2) is 0 Å². The first-order chi connectivity index (χ1) is 33.7. The van der Waals surface area contributed by atoms with Crippen molar-refractivity contribution in [1.82, 2.24) is 0 Å². The van der Waals surface area contributed by atoms with Crippen LogP contribution in [0, 0.1) is 13.8 Å². The van der Waals surface area contributed by atoms with Gasteiger partial charge in [-0.2, -0.15) is 0 Å². The van der Waals surface area contributed by atoms with Crippen LogP contribution in [0.25, 0.3) is 45.5 Å². The monoisotopic (exact) mass is 1140 g/mol. The fraction of sp³-hybridized carbons (Fsp3) is 0.286. The molecule has 0 saturated heterocycles. The van der Waals surface area contributed by atoms with E-state index in [-0.39, 0.29) is 34.4 Å². The van der Waals surface area contributed by atoms with Crippen molar-refractivity contribution in [3.8, 4) is 33.4 Å². The number of hydrogen-bond donors (Lipinski definition) is 0. The number of alkyl halides is 12. The summed E-state index contributed by atoms with van der Waals surface area (Å²) in [5, 5.41) is 2.12. The van der Waals surface area contributed by atoms with Gasteiger partial charge in [0.2, 0.25) is 0 Å². The molecule has 2 aliphatic carbocycles. The number of hydrogen-bond acceptors (Lipinski definition) is 0. The third kappa shape index (κ3) is 8.99. The van der Waals surface area contributed by atoms with Gasteiger partial charge in [-0.15, -0.1) is 0 Å². The Hall–Kier alpha value is -4.36. The number of allylic oxidation sites excluding steroid dienone is 2. The van der Waals surface area contributed by atoms with Gasteiger partial charge in [0, 0.05) is 0 Å². The first-order valence-electron chi connectivity index (χ1n) is 23.7. The quantitative estimate of drug-likeness (QED) is 0.0895. The van der Waals surface area contributed by atoms with Gasteiger partial charge >= 0.3 is 423 Å². The Morgan fingerprint density at radius 2 is 0.903 bits per heavy atom. The second-order valence-electron chi connectivity index (χ2n) is 19.4. The molecular weight excluding hydrogens is 1090 g/mol. The van der Waals surface area contributed by atoms with Gasteiger partial charge in [-0.1, -0.05) is 0 Å². The Kier molecular flexibility index (Phi) is 13.5. The first kappa shape index (κ1) is 52.5. The van der Waals surface area contributed by atoms with Crippen molar-refractivity contribution in [2.45, 2.75) is 98.2 Å². The van der Waals surface area contributed by atoms with E-state index in [1.807, 2.05) is 74.5 Å². The molecule has 0 bridgehead atoms. The van der Waals surface area contributed by atoms with Crippen LogP contribution in [0.5, 0.6) is 0 Å². The van der Waals surface area contributed by atoms with Crippen molar-refractivity contribution in [2.24, 2.45) is 0 Å². The molecule has 9 rings (SSSR count). The summed E-state index contributed by atoms with van der Waals surface area (Å²) in [6.07, 6.45) is -13.4. The summed E-state index contributed by atoms with van der Waals surface area (Å²) in [4.78, 5) is 0. The summed E-state index contributed by atoms with van der Waals surface area (Å²) in [5.41, 5.74) is -0.0788. The average molecular weight is 1140 g/mol. The van der Waals surface area contributed by atoms with Crippen LogP contribution in [-0.4, -0.2) is 9.52 Å². The second-order valence-corrected chi connectivity index (χ2v) is 41.9. The predicted molar refractivity (Wildman–Crippen MR) is 265 cm³/mol. The van der Waals surface area contributed by atoms with Crippen LogP contribution in [0.15, 0.2) is 114 Å². The van der Waals surface area contributed by atoms with Crippen molar-refractivity contribution in [1.29, 1.82) is 0 Å². The van der Waals surface area contributed by atoms with E-state index in [0.717, 1.165) is 60.2 Å². The van der Waals surface area contributed by atoms with E-state index in [1.165, 1.54) is 0 Å². The molecule has 0 spiro atoms. The van der Waals surface area contributed by atoms with Crippen molar-refractivity contribution in [3.05, 3.63) is 170 Å². The van der Waals surface area contributed by atoms with Crippen LogP contribution in [0.4, 0.5) is 52.7 Å². The van der Waals surface area contributed by atoms with E-state index in [4.69, 9.17) is 17.0 Å². The number of halogens is 14. The summed E-state index contributed by atoms with van der Waals surface area (Å²) in [6, 6.07) is 23.9. The van der Waals surface area contributed by atoms with Gasteiger partial charge in [0.05, 0.1) is 0 Å². The zero-order valence-corrected chi connectivity index (χ0v) is 44.7. The van der Waals surface area contributed by atoms with Gasteiger partial charge in [0.1, 0.15) is 0 Å². The molecule has 0 N–H and O–H groups in total. The van der Waals surface area contributed by atoms with Crippen molar-refractivity contribution >= 4 is 52.3 Å². The van der Waals surface area contributed by atoms with Crippen LogP contribution in [0.2, 0.25) is 0 Å². The van der Waals surface area contributed by atoms with E-state index in [1.54, 1.807) is 26.0 Å². The van der Waals surface area contributed by atoms with Gasteiger partial charge in [-0.25, -0.2) is 0 Å². The van der Waals surface area contributed by atoms with Crippen molar-refractivity contribution in [2.75, 3.05) is 0 Å². The molecule has 1 heterocycles. The number of fused-ring (bicyclic) bond motifs is 5. The van der Waals surface area contributed by atoms with Crippen LogP contribution in [0.3, 0.4) is 0 Å². The van der Waals surface area contributed by atoms with E-state index in [0.29, 0.717) is 71.9 Å². The van der Waals surface area contributed by atoms with E-state index in [9.17, 15) is 52.7 Å². The molecule has 0 amide bonds. The Balaban J connectivity index is 1.39. The summed E-state index contributed by atoms with van der Waals surface area (Å²) >= 11 is -6.54. The maximum atomic E-state index is 14.5. The minimum absolute atomic E-state index is 0.0974. The summed E-state index contributed by atoms with van der Waals surface area (Å²) in [5.74, 6) is 0. The second kappa shape index (κ2) is 18.5. The molecule has 1 aliphatic heterocycles. The molecule has 377 valence electrons. The Labute approximate surface area is 420 Å². The van der Waals surface area contributed by atoms with E-state index in [2.05, 4.69) is 6.07 Å². The number of unbranched alkanes of at least 4 members (excludes halogenated alkanes) is 2. The normalized spacial score (nSPS) is 17.6. The van der Waals surface area contributed by atoms with Crippen LogP contribution in [-0.2, 0) is 41.1 Å². The summed E-state index contributed by atoms with van der Waals surface area (Å²) < 4.78 is 173. The molecule has 0 fully saturated rings. The van der Waals surface area contributed by atoms with E-state index >= 15 is 0 Å². The first-order valence-corrected chi connectivity index (χ1v) is 35.5. The minimum atomic E-state index is -6.54. The average Bonchev–Trinajstić information content (AvgIpc) is 4.01. The van der Waals surface area contributed by atoms with Crippen LogP contribution < -0.4 is 13.6 Å². The van der Waals surface area contributed by atoms with Gasteiger partial charge in [0.25, 0.3) is 0 Å². The molecule has 0 saturated carbocycles. The SMILES string of the molecule is CCCCC1=Cc2c(ccc(C)c2-c2cc(C(F)(F)F)cc(C(F)(F)F)c2)[CH]1[Zr]([Cl])([Cl])([c]1cccc2c1[SiH2]c1ccccc1-2)[CH]1C(CCCC)=Cc2c1ccc(C)c2-c1cc(C(F)(F)F)cc(C(F)(F)F)c1. The molecule has 16 heteroatoms. The number of benzene rings is 6. The molecule has 6 aromatic rings. The standard InChI is InChI=1S/2C22H19F6.C12H9Si.2ClH.Zr/c2*1-3-4-5-14-8-15-7-6-13(2)20(19(15)9-14)16-10-17(21(23,24)25)12-18(11-16)22(26,27)28;1-3-7-11-9(5-1)10-6-2-4-8-12(10)13-11;;;/h2*6-12H,3-5H2,1-2H3;1-7H,13H2;2*1H;/q;;;;;+2/p-2. The molecule has 72 heavy (non-hydrogen) atoms. The van der Waals surface area contributed by atoms with Gasteiger partial charge in [-0.05, 0) is 0 Å². The molecule has 0 nitrogen and oxygen atoms in total. The maximum absolute atomic E-state index is 14.5. The predicted octanol–water partition coefficient (Wildman–Crippen LogP) is 17.1. The number of aryl methyl sites for hydroxylation is 2. The molecule has 0 radical (unpaired) electrons. The van der Waals surface area contributed by atoms with Crippen molar-refractivity contribution in [3.63, 3.8) is 0 Å². The molecule has 0 aromatic heterocycles. The molecule has 6 aromatic carbocycles. The van der Waals surface area contributed by atoms with Gasteiger partial charge in [-0.3, -0.25) is 0 Å². The molecular formula is C56H47Cl2F12SiZr. The molecule has 3 aliphatic rings. The Morgan fingerprint density at radius 3 is 1.31 bits per heavy atom. The van der Waals surface area contributed by atoms with E-state index < -0.39 is 80.1 Å². The summed E-state index contributed by atoms with van der Waals surface area (Å²) in [7, 11) is 16.9. The molecule has 2 unspecified atom stereocenters. The Bertz CT molecular complexity index is 3000. The third-order valence-electron chi connectivity index (χ3n) is 14.8. The zero-order chi connectivity index (χ0) is 52.1. The Morgan fingerprint density at radius 1 is 0.500 bits per heavy atom. The van der Waals surface area contributed by atoms with Gasteiger partial charge < -0.3 is 0 Å². The fourth-order valence-corrected chi connectivity index (χ4v) is 39.7. The van der Waals surface area contributed by atoms with Crippen LogP contribution in [0.1, 0.15) is 115 Å². The number of rotatable bonds is 11. The van der Waals surface area contributed by atoms with Crippen LogP contribution >= 0.6 is 17.0 Å².